The predicted molar refractivity (Wildman–Crippen MR) is 117 cm³/mol. The minimum absolute atomic E-state index is 0.101. The van der Waals surface area contributed by atoms with Crippen LogP contribution in [0.5, 0.6) is 0 Å². The average Bonchev–Trinajstić information content (AvgIpc) is 3.64. The Morgan fingerprint density at radius 3 is 2.47 bits per heavy atom. The molecule has 2 fully saturated rings. The van der Waals surface area contributed by atoms with E-state index in [2.05, 4.69) is 4.90 Å². The van der Waals surface area contributed by atoms with Crippen LogP contribution in [-0.2, 0) is 19.7 Å². The Morgan fingerprint density at radius 2 is 1.91 bits per heavy atom. The average molecular weight is 441 g/mol. The Morgan fingerprint density at radius 1 is 1.22 bits per heavy atom. The Kier molecular flexibility index (Phi) is 6.24. The third kappa shape index (κ3) is 4.23. The minimum Gasteiger partial charge on any atom is -0.468 e. The molecule has 0 unspecified atom stereocenters. The highest BCUT2D eigenvalue weighted by atomic mass is 16.5. The first-order valence-electron chi connectivity index (χ1n) is 10.6. The third-order valence-electron chi connectivity index (χ3n) is 5.89. The van der Waals surface area contributed by atoms with Crippen molar-refractivity contribution in [3.63, 3.8) is 0 Å². The molecule has 3 N–H and O–H groups in total. The van der Waals surface area contributed by atoms with Crippen molar-refractivity contribution in [1.82, 2.24) is 9.97 Å². The molecule has 2 aliphatic rings. The van der Waals surface area contributed by atoms with Gasteiger partial charge in [0.05, 0.1) is 39.2 Å². The van der Waals surface area contributed by atoms with Gasteiger partial charge in [-0.15, -0.1) is 0 Å². The molecule has 1 aromatic heterocycles. The third-order valence-corrected chi connectivity index (χ3v) is 5.89. The van der Waals surface area contributed by atoms with Crippen molar-refractivity contribution >= 4 is 23.5 Å². The number of aliphatic hydroxyl groups excluding tert-OH is 1. The summed E-state index contributed by atoms with van der Waals surface area (Å²) in [4.78, 5) is 37.1. The van der Waals surface area contributed by atoms with Crippen LogP contribution in [0.2, 0.25) is 0 Å². The number of methoxy groups -OCH3 is 1. The number of hydrogen-bond acceptors (Lipinski definition) is 8. The fourth-order valence-corrected chi connectivity index (χ4v) is 3.91. The second-order valence-corrected chi connectivity index (χ2v) is 7.87. The molecule has 4 rings (SSSR count). The van der Waals surface area contributed by atoms with E-state index in [0.717, 1.165) is 11.4 Å². The van der Waals surface area contributed by atoms with E-state index >= 15 is 0 Å². The monoisotopic (exact) mass is 441 g/mol. The van der Waals surface area contributed by atoms with Crippen molar-refractivity contribution in [3.8, 4) is 11.4 Å². The van der Waals surface area contributed by atoms with Gasteiger partial charge >= 0.3 is 12.0 Å². The molecule has 1 saturated heterocycles. The van der Waals surface area contributed by atoms with Crippen LogP contribution in [0.25, 0.3) is 11.4 Å². The second kappa shape index (κ2) is 9.09. The number of ether oxygens (including phenoxy) is 2. The van der Waals surface area contributed by atoms with Crippen LogP contribution in [-0.4, -0.2) is 73.6 Å². The van der Waals surface area contributed by atoms with Crippen LogP contribution < -0.4 is 15.5 Å². The lowest BCUT2D eigenvalue weighted by molar-refractivity contribution is -0.143. The number of anilines is 2. The number of benzene rings is 1. The molecular formula is C22H27N5O5. The molecule has 1 aliphatic carbocycles. The van der Waals surface area contributed by atoms with Crippen molar-refractivity contribution in [2.75, 3.05) is 56.4 Å². The molecule has 1 aromatic carbocycles. The smallest absolute Gasteiger partial charge is 0.319 e. The number of rotatable bonds is 7. The number of primary amides is 1. The molecule has 2 amide bonds. The highest BCUT2D eigenvalue weighted by molar-refractivity contribution is 5.91. The van der Waals surface area contributed by atoms with E-state index < -0.39 is 11.4 Å². The zero-order chi connectivity index (χ0) is 22.7. The largest absolute Gasteiger partial charge is 0.468 e. The molecule has 1 saturated carbocycles. The van der Waals surface area contributed by atoms with E-state index in [-0.39, 0.29) is 19.1 Å². The van der Waals surface area contributed by atoms with Crippen LogP contribution >= 0.6 is 0 Å². The molecule has 0 atom stereocenters. The highest BCUT2D eigenvalue weighted by Crippen LogP contribution is 2.49. The zero-order valence-electron chi connectivity index (χ0n) is 18.0. The lowest BCUT2D eigenvalue weighted by Gasteiger charge is -2.29. The van der Waals surface area contributed by atoms with E-state index in [9.17, 15) is 14.7 Å². The van der Waals surface area contributed by atoms with Crippen molar-refractivity contribution in [1.29, 1.82) is 0 Å². The number of nitrogens with zero attached hydrogens (tertiary/aromatic N) is 4. The van der Waals surface area contributed by atoms with Gasteiger partial charge < -0.3 is 25.2 Å². The topological polar surface area (TPSA) is 131 Å². The number of carbonyl (C=O) groups is 2. The fraction of sp³-hybridized carbons (Fsp3) is 0.455. The number of urea groups is 1. The highest BCUT2D eigenvalue weighted by Gasteiger charge is 2.54. The Bertz CT molecular complexity index is 987. The molecule has 2 heterocycles. The summed E-state index contributed by atoms with van der Waals surface area (Å²) in [5.74, 6) is 0.941. The molecular weight excluding hydrogens is 414 g/mol. The van der Waals surface area contributed by atoms with Crippen molar-refractivity contribution in [3.05, 3.63) is 36.0 Å². The van der Waals surface area contributed by atoms with Crippen LogP contribution in [0.15, 0.2) is 30.3 Å². The van der Waals surface area contributed by atoms with Gasteiger partial charge in [-0.25, -0.2) is 14.8 Å². The van der Waals surface area contributed by atoms with Gasteiger partial charge in [0.25, 0.3) is 0 Å². The summed E-state index contributed by atoms with van der Waals surface area (Å²) in [6, 6.07) is 8.28. The van der Waals surface area contributed by atoms with Crippen LogP contribution in [0.1, 0.15) is 18.5 Å². The van der Waals surface area contributed by atoms with E-state index in [4.69, 9.17) is 25.2 Å². The maximum Gasteiger partial charge on any atom is 0.319 e. The Balaban J connectivity index is 1.72. The predicted octanol–water partition coefficient (Wildman–Crippen LogP) is 1.06. The molecule has 0 spiro atoms. The quantitative estimate of drug-likeness (QED) is 0.610. The summed E-state index contributed by atoms with van der Waals surface area (Å²) in [5.41, 5.74) is 6.64. The lowest BCUT2D eigenvalue weighted by Crippen LogP contribution is -2.37. The summed E-state index contributed by atoms with van der Waals surface area (Å²) in [6.45, 7) is 2.53. The maximum absolute atomic E-state index is 12.5. The lowest BCUT2D eigenvalue weighted by atomic mass is 10.0. The normalized spacial score (nSPS) is 17.0. The number of esters is 1. The SMILES string of the molecule is COC(=O)C1(c2cc(N3CCOCC3)nc(-c3ccc(N(CCO)C(N)=O)cc3)n2)CC1. The van der Waals surface area contributed by atoms with Gasteiger partial charge in [-0.2, -0.15) is 0 Å². The first-order chi connectivity index (χ1) is 15.5. The summed E-state index contributed by atoms with van der Waals surface area (Å²) < 4.78 is 10.5. The van der Waals surface area contributed by atoms with Gasteiger partial charge in [0.2, 0.25) is 0 Å². The molecule has 1 aliphatic heterocycles. The Labute approximate surface area is 185 Å². The van der Waals surface area contributed by atoms with Crippen LogP contribution in [0, 0.1) is 0 Å². The number of morpholine rings is 1. The van der Waals surface area contributed by atoms with Crippen LogP contribution in [0.3, 0.4) is 0 Å². The van der Waals surface area contributed by atoms with Crippen molar-refractivity contribution < 1.29 is 24.2 Å². The van der Waals surface area contributed by atoms with E-state index in [1.807, 2.05) is 6.07 Å². The zero-order valence-corrected chi connectivity index (χ0v) is 18.0. The van der Waals surface area contributed by atoms with E-state index in [1.54, 1.807) is 24.3 Å². The molecule has 32 heavy (non-hydrogen) atoms. The van der Waals surface area contributed by atoms with Crippen molar-refractivity contribution in [2.45, 2.75) is 18.3 Å². The first kappa shape index (κ1) is 22.0. The van der Waals surface area contributed by atoms with Gasteiger partial charge in [0, 0.05) is 30.4 Å². The number of hydrogen-bond donors (Lipinski definition) is 2. The molecule has 10 nitrogen and oxygen atoms in total. The standard InChI is InChI=1S/C22H27N5O5/c1-31-20(29)22(6-7-22)17-14-18(26-9-12-32-13-10-26)25-19(24-17)15-2-4-16(5-3-15)27(8-11-28)21(23)30/h2-5,14,28H,6-13H2,1H3,(H2,23,30). The number of carbonyl (C=O) groups excluding carboxylic acids is 2. The molecule has 0 bridgehead atoms. The van der Waals surface area contributed by atoms with Gasteiger partial charge in [-0.3, -0.25) is 9.69 Å². The molecule has 0 radical (unpaired) electrons. The van der Waals surface area contributed by atoms with E-state index in [1.165, 1.54) is 12.0 Å². The number of aromatic nitrogens is 2. The number of aliphatic hydroxyl groups is 1. The molecule has 10 heteroatoms. The Hall–Kier alpha value is -3.24. The number of amides is 2. The van der Waals surface area contributed by atoms with Gasteiger partial charge in [0.15, 0.2) is 5.82 Å². The van der Waals surface area contributed by atoms with E-state index in [0.29, 0.717) is 56.4 Å². The summed E-state index contributed by atoms with van der Waals surface area (Å²) in [6.07, 6.45) is 1.37. The first-order valence-corrected chi connectivity index (χ1v) is 10.6. The fourth-order valence-electron chi connectivity index (χ4n) is 3.91. The maximum atomic E-state index is 12.5. The van der Waals surface area contributed by atoms with Gasteiger partial charge in [0.1, 0.15) is 11.2 Å². The second-order valence-electron chi connectivity index (χ2n) is 7.87. The summed E-state index contributed by atoms with van der Waals surface area (Å²) >= 11 is 0. The summed E-state index contributed by atoms with van der Waals surface area (Å²) in [5, 5.41) is 9.19. The molecule has 170 valence electrons. The minimum atomic E-state index is -0.725. The molecule has 2 aromatic rings. The van der Waals surface area contributed by atoms with Gasteiger partial charge in [-0.1, -0.05) is 0 Å². The van der Waals surface area contributed by atoms with Gasteiger partial charge in [-0.05, 0) is 37.1 Å². The number of nitrogens with two attached hydrogens (primary N) is 1. The summed E-state index contributed by atoms with van der Waals surface area (Å²) in [7, 11) is 1.39. The van der Waals surface area contributed by atoms with Crippen LogP contribution in [0.4, 0.5) is 16.3 Å². The van der Waals surface area contributed by atoms with Crippen molar-refractivity contribution in [2.24, 2.45) is 5.73 Å².